The van der Waals surface area contributed by atoms with Crippen LogP contribution in [0.4, 0.5) is 0 Å². The van der Waals surface area contributed by atoms with Gasteiger partial charge in [0.05, 0.1) is 0 Å². The Morgan fingerprint density at radius 2 is 1.96 bits per heavy atom. The lowest BCUT2D eigenvalue weighted by Crippen LogP contribution is -2.36. The summed E-state index contributed by atoms with van der Waals surface area (Å²) in [5, 5.41) is 2.32. The first-order valence-corrected chi connectivity index (χ1v) is 8.71. The minimum Gasteiger partial charge on any atom is -0.473 e. The second-order valence-electron chi connectivity index (χ2n) is 6.59. The number of aryl methyl sites for hydroxylation is 2. The fraction of sp³-hybridized carbons (Fsp3) is 0.550. The molecule has 0 saturated carbocycles. The predicted octanol–water partition coefficient (Wildman–Crippen LogP) is 4.60. The van der Waals surface area contributed by atoms with Crippen LogP contribution in [0.1, 0.15) is 45.2 Å². The summed E-state index contributed by atoms with van der Waals surface area (Å²) in [6.07, 6.45) is 4.15. The lowest BCUT2D eigenvalue weighted by atomic mass is 10.0. The summed E-state index contributed by atoms with van der Waals surface area (Å²) >= 11 is 0. The van der Waals surface area contributed by atoms with Gasteiger partial charge in [-0.25, -0.2) is 4.98 Å². The summed E-state index contributed by atoms with van der Waals surface area (Å²) in [7, 11) is 2.15. The Bertz CT molecular complexity index is 653. The molecule has 2 atom stereocenters. The van der Waals surface area contributed by atoms with Crippen LogP contribution in [0.25, 0.3) is 10.8 Å². The van der Waals surface area contributed by atoms with E-state index < -0.39 is 0 Å². The largest absolute Gasteiger partial charge is 0.473 e. The van der Waals surface area contributed by atoms with Crippen LogP contribution < -0.4 is 4.74 Å². The first-order valence-electron chi connectivity index (χ1n) is 8.71. The quantitative estimate of drug-likeness (QED) is 0.746. The molecule has 0 N–H and O–H groups in total. The molecule has 23 heavy (non-hydrogen) atoms. The Morgan fingerprint density at radius 1 is 1.22 bits per heavy atom. The van der Waals surface area contributed by atoms with Gasteiger partial charge in [-0.3, -0.25) is 0 Å². The third-order valence-electron chi connectivity index (χ3n) is 4.77. The third-order valence-corrected chi connectivity index (χ3v) is 4.77. The van der Waals surface area contributed by atoms with Gasteiger partial charge in [-0.05, 0) is 69.3 Å². The first-order chi connectivity index (χ1) is 11.0. The molecular formula is C20H30N2O. The topological polar surface area (TPSA) is 25.4 Å². The normalized spacial score (nSPS) is 14.2. The van der Waals surface area contributed by atoms with E-state index in [0.29, 0.717) is 6.04 Å². The molecule has 3 nitrogen and oxygen atoms in total. The number of likely N-dealkylation sites (N-methyl/N-ethyl adjacent to an activating group) is 1. The lowest BCUT2D eigenvalue weighted by Gasteiger charge is -2.27. The van der Waals surface area contributed by atoms with Crippen molar-refractivity contribution < 1.29 is 4.74 Å². The molecule has 0 bridgehead atoms. The molecule has 0 spiro atoms. The van der Waals surface area contributed by atoms with Gasteiger partial charge in [-0.2, -0.15) is 0 Å². The highest BCUT2D eigenvalue weighted by molar-refractivity contribution is 5.88. The highest BCUT2D eigenvalue weighted by Gasteiger charge is 2.14. The van der Waals surface area contributed by atoms with Crippen molar-refractivity contribution in [2.24, 2.45) is 0 Å². The third kappa shape index (κ3) is 4.23. The number of hydrogen-bond donors (Lipinski definition) is 0. The van der Waals surface area contributed by atoms with E-state index in [1.807, 2.05) is 6.20 Å². The van der Waals surface area contributed by atoms with E-state index in [-0.39, 0.29) is 6.10 Å². The summed E-state index contributed by atoms with van der Waals surface area (Å²) in [5.41, 5.74) is 2.70. The van der Waals surface area contributed by atoms with Gasteiger partial charge in [0, 0.05) is 24.2 Å². The molecule has 0 fully saturated rings. The summed E-state index contributed by atoms with van der Waals surface area (Å²) < 4.78 is 6.17. The molecule has 126 valence electrons. The number of nitrogens with zero attached hydrogens (tertiary/aromatic N) is 2. The number of hydrogen-bond acceptors (Lipinski definition) is 3. The number of fused-ring (bicyclic) bond motifs is 1. The fourth-order valence-electron chi connectivity index (χ4n) is 2.95. The zero-order valence-corrected chi connectivity index (χ0v) is 15.4. The van der Waals surface area contributed by atoms with Crippen LogP contribution in [0.2, 0.25) is 0 Å². The summed E-state index contributed by atoms with van der Waals surface area (Å²) in [4.78, 5) is 6.82. The maximum Gasteiger partial charge on any atom is 0.221 e. The van der Waals surface area contributed by atoms with Gasteiger partial charge in [0.2, 0.25) is 5.88 Å². The van der Waals surface area contributed by atoms with Crippen LogP contribution in [0.15, 0.2) is 24.4 Å². The Hall–Kier alpha value is -1.61. The van der Waals surface area contributed by atoms with Crippen molar-refractivity contribution in [3.05, 3.63) is 35.5 Å². The molecule has 0 radical (unpaired) electrons. The molecule has 0 aliphatic rings. The average Bonchev–Trinajstić information content (AvgIpc) is 2.53. The molecule has 0 aliphatic heterocycles. The minimum atomic E-state index is 0.109. The number of pyridine rings is 1. The van der Waals surface area contributed by atoms with Gasteiger partial charge in [-0.1, -0.05) is 19.9 Å². The second kappa shape index (κ2) is 7.78. The van der Waals surface area contributed by atoms with Crippen LogP contribution in [0.3, 0.4) is 0 Å². The molecule has 2 rings (SSSR count). The maximum absolute atomic E-state index is 6.17. The van der Waals surface area contributed by atoms with Gasteiger partial charge >= 0.3 is 0 Å². The van der Waals surface area contributed by atoms with E-state index in [9.17, 15) is 0 Å². The molecule has 1 aromatic carbocycles. The standard InChI is InChI=1S/C20H30N2O/c1-7-15(4)22(6)13-16(5)23-20-19-11-14(3)17(8-2)12-18(19)9-10-21-20/h9-12,15-16H,7-8,13H2,1-6H3/t15?,16-/m1/s1. The van der Waals surface area contributed by atoms with Crippen LogP contribution in [-0.2, 0) is 6.42 Å². The number of ether oxygens (including phenoxy) is 1. The Morgan fingerprint density at radius 3 is 2.61 bits per heavy atom. The van der Waals surface area contributed by atoms with Crippen LogP contribution in [0, 0.1) is 6.92 Å². The van der Waals surface area contributed by atoms with Crippen molar-refractivity contribution in [3.8, 4) is 5.88 Å². The summed E-state index contributed by atoms with van der Waals surface area (Å²) in [5.74, 6) is 0.748. The van der Waals surface area contributed by atoms with Crippen molar-refractivity contribution in [3.63, 3.8) is 0 Å². The number of aromatic nitrogens is 1. The SMILES string of the molecule is CCc1cc2ccnc(O[C@H](C)CN(C)C(C)CC)c2cc1C. The van der Waals surface area contributed by atoms with E-state index in [0.717, 1.165) is 30.7 Å². The molecule has 1 aromatic heterocycles. The van der Waals surface area contributed by atoms with Gasteiger partial charge < -0.3 is 9.64 Å². The Kier molecular flexibility index (Phi) is 6.00. The average molecular weight is 314 g/mol. The van der Waals surface area contributed by atoms with Gasteiger partial charge in [0.15, 0.2) is 0 Å². The molecule has 3 heteroatoms. The van der Waals surface area contributed by atoms with Crippen molar-refractivity contribution in [1.29, 1.82) is 0 Å². The molecule has 1 heterocycles. The van der Waals surface area contributed by atoms with Crippen molar-refractivity contribution >= 4 is 10.8 Å². The molecular weight excluding hydrogens is 284 g/mol. The predicted molar refractivity (Wildman–Crippen MR) is 98.3 cm³/mol. The summed E-state index contributed by atoms with van der Waals surface area (Å²) in [6.45, 7) is 11.8. The molecule has 2 aromatic rings. The van der Waals surface area contributed by atoms with E-state index in [1.165, 1.54) is 16.5 Å². The molecule has 0 amide bonds. The maximum atomic E-state index is 6.17. The van der Waals surface area contributed by atoms with E-state index >= 15 is 0 Å². The smallest absolute Gasteiger partial charge is 0.221 e. The molecule has 1 unspecified atom stereocenters. The van der Waals surface area contributed by atoms with Gasteiger partial charge in [0.1, 0.15) is 6.10 Å². The number of rotatable bonds is 7. The lowest BCUT2D eigenvalue weighted by molar-refractivity contribution is 0.135. The second-order valence-corrected chi connectivity index (χ2v) is 6.59. The molecule has 0 saturated heterocycles. The van der Waals surface area contributed by atoms with Crippen molar-refractivity contribution in [2.45, 2.75) is 59.6 Å². The van der Waals surface area contributed by atoms with Crippen LogP contribution in [0.5, 0.6) is 5.88 Å². The highest BCUT2D eigenvalue weighted by atomic mass is 16.5. The van der Waals surface area contributed by atoms with Gasteiger partial charge in [0.25, 0.3) is 0 Å². The zero-order valence-electron chi connectivity index (χ0n) is 15.4. The monoisotopic (exact) mass is 314 g/mol. The number of benzene rings is 1. The first kappa shape index (κ1) is 17.7. The van der Waals surface area contributed by atoms with Gasteiger partial charge in [-0.15, -0.1) is 0 Å². The fourth-order valence-corrected chi connectivity index (χ4v) is 2.95. The van der Waals surface area contributed by atoms with E-state index in [1.54, 1.807) is 0 Å². The van der Waals surface area contributed by atoms with Crippen LogP contribution in [-0.4, -0.2) is 35.6 Å². The minimum absolute atomic E-state index is 0.109. The molecule has 0 aliphatic carbocycles. The van der Waals surface area contributed by atoms with Crippen molar-refractivity contribution in [2.75, 3.05) is 13.6 Å². The Labute approximate surface area is 140 Å². The summed E-state index contributed by atoms with van der Waals surface area (Å²) in [6, 6.07) is 7.10. The van der Waals surface area contributed by atoms with E-state index in [4.69, 9.17) is 4.74 Å². The Balaban J connectivity index is 2.21. The van der Waals surface area contributed by atoms with E-state index in [2.05, 4.69) is 69.7 Å². The highest BCUT2D eigenvalue weighted by Crippen LogP contribution is 2.27. The van der Waals surface area contributed by atoms with Crippen LogP contribution >= 0.6 is 0 Å². The van der Waals surface area contributed by atoms with Crippen molar-refractivity contribution in [1.82, 2.24) is 9.88 Å². The zero-order chi connectivity index (χ0) is 17.0.